The first-order valence-electron chi connectivity index (χ1n) is 6.65. The predicted molar refractivity (Wildman–Crippen MR) is 81.6 cm³/mol. The summed E-state index contributed by atoms with van der Waals surface area (Å²) in [5.74, 6) is 0. The number of fused-ring (bicyclic) bond motifs is 1. The molecule has 2 N–H and O–H groups in total. The maximum Gasteiger partial charge on any atom is 0.322 e. The van der Waals surface area contributed by atoms with Crippen molar-refractivity contribution in [2.45, 2.75) is 13.0 Å². The second-order valence-electron chi connectivity index (χ2n) is 4.91. The van der Waals surface area contributed by atoms with E-state index in [9.17, 15) is 9.59 Å². The molecule has 0 aliphatic carbocycles. The van der Waals surface area contributed by atoms with Gasteiger partial charge in [0.1, 0.15) is 0 Å². The largest absolute Gasteiger partial charge is 0.326 e. The van der Waals surface area contributed by atoms with Gasteiger partial charge in [0, 0.05) is 31.3 Å². The van der Waals surface area contributed by atoms with E-state index < -0.39 is 0 Å². The van der Waals surface area contributed by atoms with Crippen molar-refractivity contribution in [2.24, 2.45) is 0 Å². The first-order chi connectivity index (χ1) is 10.1. The van der Waals surface area contributed by atoms with Crippen molar-refractivity contribution in [3.8, 4) is 0 Å². The molecular formula is C15H14ClN3O2. The fourth-order valence-corrected chi connectivity index (χ4v) is 2.56. The highest BCUT2D eigenvalue weighted by Gasteiger charge is 2.21. The van der Waals surface area contributed by atoms with E-state index in [1.165, 1.54) is 6.07 Å². The van der Waals surface area contributed by atoms with Gasteiger partial charge in [-0.3, -0.25) is 4.79 Å². The Balaban J connectivity index is 1.74. The van der Waals surface area contributed by atoms with E-state index in [4.69, 9.17) is 11.6 Å². The molecule has 1 aromatic carbocycles. The predicted octanol–water partition coefficient (Wildman–Crippen LogP) is 2.62. The number of pyridine rings is 1. The summed E-state index contributed by atoms with van der Waals surface area (Å²) in [6, 6.07) is 10.2. The zero-order valence-electron chi connectivity index (χ0n) is 11.2. The highest BCUT2D eigenvalue weighted by atomic mass is 35.5. The summed E-state index contributed by atoms with van der Waals surface area (Å²) >= 11 is 6.03. The number of hydrogen-bond donors (Lipinski definition) is 2. The lowest BCUT2D eigenvalue weighted by molar-refractivity contribution is 0.206. The van der Waals surface area contributed by atoms with Gasteiger partial charge in [0.15, 0.2) is 0 Å². The Kier molecular flexibility index (Phi) is 3.66. The Morgan fingerprint density at radius 2 is 2.05 bits per heavy atom. The number of carbonyl (C=O) groups excluding carboxylic acids is 1. The number of aromatic nitrogens is 1. The van der Waals surface area contributed by atoms with Crippen LogP contribution in [0.2, 0.25) is 5.02 Å². The maximum absolute atomic E-state index is 12.3. The molecule has 0 fully saturated rings. The molecule has 2 heterocycles. The molecule has 0 atom stereocenters. The van der Waals surface area contributed by atoms with Crippen LogP contribution in [0.3, 0.4) is 0 Å². The van der Waals surface area contributed by atoms with Crippen molar-refractivity contribution < 1.29 is 4.79 Å². The summed E-state index contributed by atoms with van der Waals surface area (Å²) in [5.41, 5.74) is 2.36. The standard InChI is InChI=1S/C15H14ClN3O2/c16-11-3-1-2-4-13(11)18-15(21)19-8-7-12-10(9-19)5-6-14(20)17-12/h1-6H,7-9H2,(H,17,20)(H,18,21). The molecule has 5 nitrogen and oxygen atoms in total. The molecule has 0 bridgehead atoms. The number of nitrogens with one attached hydrogen (secondary N) is 2. The second-order valence-corrected chi connectivity index (χ2v) is 5.32. The molecule has 0 spiro atoms. The molecule has 108 valence electrons. The molecule has 3 rings (SSSR count). The van der Waals surface area contributed by atoms with E-state index in [-0.39, 0.29) is 11.6 Å². The molecule has 0 unspecified atom stereocenters. The minimum Gasteiger partial charge on any atom is -0.326 e. The number of benzene rings is 1. The zero-order valence-corrected chi connectivity index (χ0v) is 12.0. The van der Waals surface area contributed by atoms with Crippen molar-refractivity contribution in [1.82, 2.24) is 9.88 Å². The number of urea groups is 1. The van der Waals surface area contributed by atoms with E-state index in [0.717, 1.165) is 11.3 Å². The van der Waals surface area contributed by atoms with Crippen LogP contribution in [0, 0.1) is 0 Å². The summed E-state index contributed by atoms with van der Waals surface area (Å²) in [7, 11) is 0. The lowest BCUT2D eigenvalue weighted by Gasteiger charge is -2.28. The van der Waals surface area contributed by atoms with Gasteiger partial charge in [0.2, 0.25) is 5.56 Å². The molecule has 6 heteroatoms. The lowest BCUT2D eigenvalue weighted by Crippen LogP contribution is -2.39. The number of anilines is 1. The van der Waals surface area contributed by atoms with Gasteiger partial charge < -0.3 is 15.2 Å². The molecule has 2 amide bonds. The van der Waals surface area contributed by atoms with Gasteiger partial charge in [-0.05, 0) is 17.7 Å². The summed E-state index contributed by atoms with van der Waals surface area (Å²) < 4.78 is 0. The number of nitrogens with zero attached hydrogens (tertiary/aromatic N) is 1. The Hall–Kier alpha value is -2.27. The van der Waals surface area contributed by atoms with E-state index in [0.29, 0.717) is 30.2 Å². The Labute approximate surface area is 126 Å². The van der Waals surface area contributed by atoms with Crippen LogP contribution < -0.4 is 10.9 Å². The number of amides is 2. The molecule has 2 aromatic rings. The molecule has 1 aliphatic heterocycles. The van der Waals surface area contributed by atoms with Crippen molar-refractivity contribution in [2.75, 3.05) is 11.9 Å². The molecule has 0 radical (unpaired) electrons. The zero-order chi connectivity index (χ0) is 14.8. The molecule has 0 saturated carbocycles. The van der Waals surface area contributed by atoms with Crippen molar-refractivity contribution in [3.63, 3.8) is 0 Å². The second kappa shape index (κ2) is 5.61. The molecule has 1 aliphatic rings. The number of carbonyl (C=O) groups is 1. The summed E-state index contributed by atoms with van der Waals surface area (Å²) in [6.07, 6.45) is 0.640. The van der Waals surface area contributed by atoms with Gasteiger partial charge in [0.25, 0.3) is 0 Å². The summed E-state index contributed by atoms with van der Waals surface area (Å²) in [4.78, 5) is 28.1. The van der Waals surface area contributed by atoms with Crippen LogP contribution in [0.25, 0.3) is 0 Å². The molecule has 21 heavy (non-hydrogen) atoms. The normalized spacial score (nSPS) is 13.7. The quantitative estimate of drug-likeness (QED) is 0.850. The first kappa shape index (κ1) is 13.7. The number of H-pyrrole nitrogens is 1. The van der Waals surface area contributed by atoms with Crippen LogP contribution in [-0.4, -0.2) is 22.5 Å². The Morgan fingerprint density at radius 1 is 1.24 bits per heavy atom. The number of halogens is 1. The lowest BCUT2D eigenvalue weighted by atomic mass is 10.1. The van der Waals surface area contributed by atoms with Gasteiger partial charge in [0.05, 0.1) is 10.7 Å². The number of para-hydroxylation sites is 1. The average Bonchev–Trinajstić information content (AvgIpc) is 2.49. The van der Waals surface area contributed by atoms with E-state index in [2.05, 4.69) is 10.3 Å². The third-order valence-electron chi connectivity index (χ3n) is 3.49. The summed E-state index contributed by atoms with van der Waals surface area (Å²) in [6.45, 7) is 1.03. The average molecular weight is 304 g/mol. The molecular weight excluding hydrogens is 290 g/mol. The van der Waals surface area contributed by atoms with Crippen LogP contribution in [0.4, 0.5) is 10.5 Å². The van der Waals surface area contributed by atoms with Gasteiger partial charge in [-0.2, -0.15) is 0 Å². The van der Waals surface area contributed by atoms with Gasteiger partial charge in [-0.15, -0.1) is 0 Å². The first-order valence-corrected chi connectivity index (χ1v) is 7.03. The van der Waals surface area contributed by atoms with Gasteiger partial charge >= 0.3 is 6.03 Å². The minimum absolute atomic E-state index is 0.109. The third kappa shape index (κ3) is 2.92. The third-order valence-corrected chi connectivity index (χ3v) is 3.82. The minimum atomic E-state index is -0.194. The van der Waals surface area contributed by atoms with E-state index >= 15 is 0 Å². The Morgan fingerprint density at radius 3 is 2.86 bits per heavy atom. The van der Waals surface area contributed by atoms with Crippen LogP contribution >= 0.6 is 11.6 Å². The smallest absolute Gasteiger partial charge is 0.322 e. The van der Waals surface area contributed by atoms with Crippen molar-refractivity contribution in [3.05, 3.63) is 63.0 Å². The van der Waals surface area contributed by atoms with Crippen molar-refractivity contribution >= 4 is 23.3 Å². The van der Waals surface area contributed by atoms with Crippen LogP contribution in [0.1, 0.15) is 11.3 Å². The summed E-state index contributed by atoms with van der Waals surface area (Å²) in [5, 5.41) is 3.31. The SMILES string of the molecule is O=C(Nc1ccccc1Cl)N1CCc2[nH]c(=O)ccc2C1. The van der Waals surface area contributed by atoms with Crippen molar-refractivity contribution in [1.29, 1.82) is 0 Å². The highest BCUT2D eigenvalue weighted by molar-refractivity contribution is 6.33. The monoisotopic (exact) mass is 303 g/mol. The van der Waals surface area contributed by atoms with E-state index in [1.807, 2.05) is 12.1 Å². The van der Waals surface area contributed by atoms with Gasteiger partial charge in [-0.1, -0.05) is 29.8 Å². The fourth-order valence-electron chi connectivity index (χ4n) is 2.38. The fraction of sp³-hybridized carbons (Fsp3) is 0.200. The topological polar surface area (TPSA) is 65.2 Å². The number of rotatable bonds is 1. The number of aromatic amines is 1. The molecule has 0 saturated heterocycles. The van der Waals surface area contributed by atoms with Crippen LogP contribution in [-0.2, 0) is 13.0 Å². The Bertz CT molecular complexity index is 742. The maximum atomic E-state index is 12.3. The molecule has 1 aromatic heterocycles. The van der Waals surface area contributed by atoms with Crippen LogP contribution in [0.5, 0.6) is 0 Å². The van der Waals surface area contributed by atoms with Gasteiger partial charge in [-0.25, -0.2) is 4.79 Å². The van der Waals surface area contributed by atoms with Crippen LogP contribution in [0.15, 0.2) is 41.2 Å². The number of hydrogen-bond acceptors (Lipinski definition) is 2. The van der Waals surface area contributed by atoms with E-state index in [1.54, 1.807) is 23.1 Å². The highest BCUT2D eigenvalue weighted by Crippen LogP contribution is 2.22.